The van der Waals surface area contributed by atoms with Crippen molar-refractivity contribution in [3.05, 3.63) is 41.2 Å². The standard InChI is InChI=1S/C17H23N3O2/c1-5-6-16-12(2)19-20(13(16)3)17(21)11-18-14-7-9-15(22-4)10-8-14/h7-10,18H,5-6,11H2,1-4H3. The predicted molar refractivity (Wildman–Crippen MR) is 87.8 cm³/mol. The Morgan fingerprint density at radius 1 is 1.27 bits per heavy atom. The summed E-state index contributed by atoms with van der Waals surface area (Å²) < 4.78 is 6.62. The zero-order valence-corrected chi connectivity index (χ0v) is 13.6. The Labute approximate surface area is 131 Å². The third-order valence-corrected chi connectivity index (χ3v) is 3.71. The van der Waals surface area contributed by atoms with Crippen LogP contribution in [0.25, 0.3) is 0 Å². The van der Waals surface area contributed by atoms with E-state index in [1.165, 1.54) is 10.2 Å². The lowest BCUT2D eigenvalue weighted by Gasteiger charge is -2.08. The fourth-order valence-corrected chi connectivity index (χ4v) is 2.49. The van der Waals surface area contributed by atoms with Gasteiger partial charge in [-0.2, -0.15) is 5.10 Å². The van der Waals surface area contributed by atoms with E-state index in [9.17, 15) is 4.79 Å². The molecule has 5 nitrogen and oxygen atoms in total. The molecule has 0 radical (unpaired) electrons. The van der Waals surface area contributed by atoms with E-state index in [4.69, 9.17) is 4.74 Å². The maximum atomic E-state index is 12.3. The molecule has 0 unspecified atom stereocenters. The molecule has 2 aromatic rings. The average Bonchev–Trinajstić information content (AvgIpc) is 2.81. The molecule has 0 aliphatic heterocycles. The van der Waals surface area contributed by atoms with E-state index in [1.54, 1.807) is 7.11 Å². The van der Waals surface area contributed by atoms with Crippen molar-refractivity contribution in [2.24, 2.45) is 0 Å². The number of aryl methyl sites for hydroxylation is 1. The highest BCUT2D eigenvalue weighted by molar-refractivity contribution is 5.83. The predicted octanol–water partition coefficient (Wildman–Crippen LogP) is 3.21. The first-order chi connectivity index (χ1) is 10.6. The van der Waals surface area contributed by atoms with Crippen molar-refractivity contribution in [1.82, 2.24) is 9.78 Å². The Balaban J connectivity index is 2.04. The van der Waals surface area contributed by atoms with Crippen LogP contribution in [-0.2, 0) is 6.42 Å². The normalized spacial score (nSPS) is 10.5. The lowest BCUT2D eigenvalue weighted by molar-refractivity contribution is 0.0910. The number of aromatic nitrogens is 2. The summed E-state index contributed by atoms with van der Waals surface area (Å²) in [7, 11) is 1.63. The quantitative estimate of drug-likeness (QED) is 0.890. The summed E-state index contributed by atoms with van der Waals surface area (Å²) in [6, 6.07) is 7.48. The highest BCUT2D eigenvalue weighted by Crippen LogP contribution is 2.16. The van der Waals surface area contributed by atoms with Gasteiger partial charge in [0.1, 0.15) is 5.75 Å². The second-order valence-corrected chi connectivity index (χ2v) is 5.29. The number of carbonyl (C=O) groups is 1. The lowest BCUT2D eigenvalue weighted by Crippen LogP contribution is -2.23. The summed E-state index contributed by atoms with van der Waals surface area (Å²) in [5.41, 5.74) is 3.95. The van der Waals surface area contributed by atoms with Crippen LogP contribution in [0.2, 0.25) is 0 Å². The molecule has 118 valence electrons. The molecule has 1 aromatic carbocycles. The number of anilines is 1. The molecule has 22 heavy (non-hydrogen) atoms. The fourth-order valence-electron chi connectivity index (χ4n) is 2.49. The van der Waals surface area contributed by atoms with Gasteiger partial charge in [-0.1, -0.05) is 13.3 Å². The largest absolute Gasteiger partial charge is 0.497 e. The van der Waals surface area contributed by atoms with Gasteiger partial charge in [0.15, 0.2) is 0 Å². The van der Waals surface area contributed by atoms with Gasteiger partial charge < -0.3 is 10.1 Å². The van der Waals surface area contributed by atoms with Crippen LogP contribution in [0.4, 0.5) is 5.69 Å². The van der Waals surface area contributed by atoms with Gasteiger partial charge in [0.05, 0.1) is 19.3 Å². The number of hydrogen-bond acceptors (Lipinski definition) is 4. The Morgan fingerprint density at radius 2 is 1.95 bits per heavy atom. The second kappa shape index (κ2) is 7.11. The average molecular weight is 301 g/mol. The molecular weight excluding hydrogens is 278 g/mol. The van der Waals surface area contributed by atoms with Gasteiger partial charge in [0, 0.05) is 11.4 Å². The summed E-state index contributed by atoms with van der Waals surface area (Å²) in [5.74, 6) is 0.735. The van der Waals surface area contributed by atoms with Crippen molar-refractivity contribution in [2.75, 3.05) is 19.0 Å². The molecule has 0 aliphatic rings. The molecular formula is C17H23N3O2. The number of nitrogens with one attached hydrogen (secondary N) is 1. The summed E-state index contributed by atoms with van der Waals surface area (Å²) in [6.07, 6.45) is 2.00. The number of nitrogens with zero attached hydrogens (tertiary/aromatic N) is 2. The maximum Gasteiger partial charge on any atom is 0.266 e. The van der Waals surface area contributed by atoms with Gasteiger partial charge in [-0.15, -0.1) is 0 Å². The maximum absolute atomic E-state index is 12.3. The number of benzene rings is 1. The van der Waals surface area contributed by atoms with E-state index in [0.717, 1.165) is 35.7 Å². The van der Waals surface area contributed by atoms with Crippen molar-refractivity contribution < 1.29 is 9.53 Å². The molecule has 0 saturated heterocycles. The molecule has 0 amide bonds. The van der Waals surface area contributed by atoms with E-state index >= 15 is 0 Å². The molecule has 0 aliphatic carbocycles. The van der Waals surface area contributed by atoms with Gasteiger partial charge in [-0.25, -0.2) is 4.68 Å². The van der Waals surface area contributed by atoms with Crippen LogP contribution < -0.4 is 10.1 Å². The van der Waals surface area contributed by atoms with Crippen LogP contribution in [0, 0.1) is 13.8 Å². The molecule has 2 rings (SSSR count). The van der Waals surface area contributed by atoms with Gasteiger partial charge in [-0.05, 0) is 50.1 Å². The van der Waals surface area contributed by atoms with E-state index < -0.39 is 0 Å². The number of rotatable bonds is 6. The fraction of sp³-hybridized carbons (Fsp3) is 0.412. The first kappa shape index (κ1) is 16.1. The van der Waals surface area contributed by atoms with Crippen molar-refractivity contribution in [3.63, 3.8) is 0 Å². The summed E-state index contributed by atoms with van der Waals surface area (Å²) >= 11 is 0. The lowest BCUT2D eigenvalue weighted by atomic mass is 10.1. The Kier molecular flexibility index (Phi) is 5.20. The molecule has 0 saturated carbocycles. The highest BCUT2D eigenvalue weighted by atomic mass is 16.5. The van der Waals surface area contributed by atoms with Gasteiger partial charge in [0.25, 0.3) is 5.91 Å². The Bertz CT molecular complexity index is 645. The first-order valence-corrected chi connectivity index (χ1v) is 7.53. The van der Waals surface area contributed by atoms with E-state index in [2.05, 4.69) is 17.3 Å². The van der Waals surface area contributed by atoms with Crippen molar-refractivity contribution in [2.45, 2.75) is 33.6 Å². The van der Waals surface area contributed by atoms with Crippen LogP contribution in [0.3, 0.4) is 0 Å². The summed E-state index contributed by atoms with van der Waals surface area (Å²) in [6.45, 7) is 6.25. The second-order valence-electron chi connectivity index (χ2n) is 5.29. The molecule has 0 bridgehead atoms. The third kappa shape index (κ3) is 3.47. The first-order valence-electron chi connectivity index (χ1n) is 7.53. The van der Waals surface area contributed by atoms with Crippen LogP contribution >= 0.6 is 0 Å². The Hall–Kier alpha value is -2.30. The minimum atomic E-state index is -0.0567. The van der Waals surface area contributed by atoms with Crippen molar-refractivity contribution in [3.8, 4) is 5.75 Å². The monoisotopic (exact) mass is 301 g/mol. The molecule has 1 N–H and O–H groups in total. The van der Waals surface area contributed by atoms with Gasteiger partial charge in [-0.3, -0.25) is 4.79 Å². The SMILES string of the molecule is CCCc1c(C)nn(C(=O)CNc2ccc(OC)cc2)c1C. The van der Waals surface area contributed by atoms with Crippen LogP contribution in [0.15, 0.2) is 24.3 Å². The van der Waals surface area contributed by atoms with Crippen LogP contribution in [0.5, 0.6) is 5.75 Å². The molecule has 1 aromatic heterocycles. The summed E-state index contributed by atoms with van der Waals surface area (Å²) in [5, 5.41) is 7.49. The Morgan fingerprint density at radius 3 is 2.55 bits per heavy atom. The van der Waals surface area contributed by atoms with Gasteiger partial charge >= 0.3 is 0 Å². The van der Waals surface area contributed by atoms with E-state index in [1.807, 2.05) is 38.1 Å². The van der Waals surface area contributed by atoms with Crippen molar-refractivity contribution in [1.29, 1.82) is 0 Å². The molecule has 0 spiro atoms. The minimum Gasteiger partial charge on any atom is -0.497 e. The minimum absolute atomic E-state index is 0.0567. The zero-order valence-electron chi connectivity index (χ0n) is 13.6. The summed E-state index contributed by atoms with van der Waals surface area (Å²) in [4.78, 5) is 12.3. The molecule has 0 atom stereocenters. The van der Waals surface area contributed by atoms with E-state index in [0.29, 0.717) is 0 Å². The number of hydrogen-bond donors (Lipinski definition) is 1. The van der Waals surface area contributed by atoms with Gasteiger partial charge in [0.2, 0.25) is 0 Å². The highest BCUT2D eigenvalue weighted by Gasteiger charge is 2.15. The smallest absolute Gasteiger partial charge is 0.266 e. The van der Waals surface area contributed by atoms with E-state index in [-0.39, 0.29) is 12.5 Å². The third-order valence-electron chi connectivity index (χ3n) is 3.71. The molecule has 1 heterocycles. The molecule has 5 heteroatoms. The number of carbonyl (C=O) groups excluding carboxylic acids is 1. The zero-order chi connectivity index (χ0) is 16.1. The topological polar surface area (TPSA) is 56.2 Å². The van der Waals surface area contributed by atoms with Crippen LogP contribution in [0.1, 0.15) is 35.1 Å². The van der Waals surface area contributed by atoms with Crippen LogP contribution in [-0.4, -0.2) is 29.3 Å². The molecule has 0 fully saturated rings. The number of ether oxygens (including phenoxy) is 1. The van der Waals surface area contributed by atoms with Crippen molar-refractivity contribution >= 4 is 11.6 Å². The number of methoxy groups -OCH3 is 1.